The molecule has 25 heavy (non-hydrogen) atoms. The largest absolute Gasteiger partial charge is 0.373 e. The Morgan fingerprint density at radius 2 is 2.00 bits per heavy atom. The van der Waals surface area contributed by atoms with Gasteiger partial charge in [-0.1, -0.05) is 0 Å². The van der Waals surface area contributed by atoms with Crippen molar-refractivity contribution in [3.63, 3.8) is 0 Å². The van der Waals surface area contributed by atoms with Crippen molar-refractivity contribution in [3.05, 3.63) is 48.8 Å². The fourth-order valence-electron chi connectivity index (χ4n) is 2.75. The molecule has 0 spiro atoms. The Morgan fingerprint density at radius 1 is 1.20 bits per heavy atom. The van der Waals surface area contributed by atoms with Crippen molar-refractivity contribution in [1.82, 2.24) is 14.9 Å². The highest BCUT2D eigenvalue weighted by Crippen LogP contribution is 2.29. The van der Waals surface area contributed by atoms with Crippen molar-refractivity contribution in [2.45, 2.75) is 0 Å². The summed E-state index contributed by atoms with van der Waals surface area (Å²) in [5, 5.41) is 6.52. The molecule has 7 nitrogen and oxygen atoms in total. The summed E-state index contributed by atoms with van der Waals surface area (Å²) < 4.78 is 1.55. The fraction of sp³-hybridized carbons (Fsp3) is 0.167. The normalized spacial score (nSPS) is 10.5. The molecule has 0 saturated heterocycles. The number of carbonyl (C=O) groups excluding carboxylic acids is 2. The first-order valence-electron chi connectivity index (χ1n) is 7.86. The van der Waals surface area contributed by atoms with Crippen molar-refractivity contribution in [2.75, 3.05) is 30.9 Å². The van der Waals surface area contributed by atoms with Gasteiger partial charge in [0.15, 0.2) is 0 Å². The Balaban J connectivity index is 2.04. The Bertz CT molecular complexity index is 919. The molecule has 0 atom stereocenters. The van der Waals surface area contributed by atoms with Crippen LogP contribution < -0.4 is 15.5 Å². The Morgan fingerprint density at radius 3 is 2.72 bits per heavy atom. The first kappa shape index (κ1) is 16.5. The Hall–Kier alpha value is -3.35. The zero-order chi connectivity index (χ0) is 17.8. The third-order valence-electron chi connectivity index (χ3n) is 3.99. The van der Waals surface area contributed by atoms with Gasteiger partial charge < -0.3 is 20.3 Å². The molecule has 0 aliphatic rings. The first-order chi connectivity index (χ1) is 12.2. The van der Waals surface area contributed by atoms with Crippen LogP contribution in [-0.4, -0.2) is 42.5 Å². The van der Waals surface area contributed by atoms with Gasteiger partial charge in [0.2, 0.25) is 0 Å². The van der Waals surface area contributed by atoms with Crippen LogP contribution in [0.25, 0.3) is 10.9 Å². The molecule has 0 saturated carbocycles. The van der Waals surface area contributed by atoms with Crippen LogP contribution >= 0.6 is 0 Å². The van der Waals surface area contributed by atoms with Gasteiger partial charge in [-0.3, -0.25) is 4.57 Å². The average Bonchev–Trinajstić information content (AvgIpc) is 3.08. The number of hydrogen-bond acceptors (Lipinski definition) is 5. The number of aromatic nitrogens is 2. The van der Waals surface area contributed by atoms with Gasteiger partial charge in [-0.2, -0.15) is 0 Å². The number of nitrogens with one attached hydrogen (secondary N) is 2. The molecule has 0 unspecified atom stereocenters. The molecule has 3 aromatic rings. The lowest BCUT2D eigenvalue weighted by molar-refractivity contribution is -0.106. The lowest BCUT2D eigenvalue weighted by Crippen LogP contribution is -2.23. The van der Waals surface area contributed by atoms with Gasteiger partial charge in [-0.15, -0.1) is 0 Å². The number of amides is 1. The average molecular weight is 337 g/mol. The van der Waals surface area contributed by atoms with Crippen LogP contribution in [0.1, 0.15) is 0 Å². The molecular weight excluding hydrogens is 318 g/mol. The van der Waals surface area contributed by atoms with E-state index < -0.39 is 0 Å². The quantitative estimate of drug-likeness (QED) is 0.700. The van der Waals surface area contributed by atoms with Crippen LogP contribution in [0.4, 0.5) is 22.0 Å². The second-order valence-electron chi connectivity index (χ2n) is 5.41. The second kappa shape index (κ2) is 7.04. The predicted molar refractivity (Wildman–Crippen MR) is 98.6 cm³/mol. The Kier molecular flexibility index (Phi) is 4.65. The fourth-order valence-corrected chi connectivity index (χ4v) is 2.75. The van der Waals surface area contributed by atoms with E-state index in [4.69, 9.17) is 0 Å². The first-order valence-corrected chi connectivity index (χ1v) is 7.86. The molecule has 1 aromatic carbocycles. The highest BCUT2D eigenvalue weighted by atomic mass is 16.2. The third-order valence-corrected chi connectivity index (χ3v) is 3.99. The second-order valence-corrected chi connectivity index (χ2v) is 5.41. The number of rotatable bonds is 5. The van der Waals surface area contributed by atoms with Crippen LogP contribution in [0.5, 0.6) is 0 Å². The van der Waals surface area contributed by atoms with Crippen molar-refractivity contribution < 1.29 is 9.59 Å². The summed E-state index contributed by atoms with van der Waals surface area (Å²) in [4.78, 5) is 29.2. The summed E-state index contributed by atoms with van der Waals surface area (Å²) in [6.07, 6.45) is 4.28. The predicted octanol–water partition coefficient (Wildman–Crippen LogP) is 2.60. The molecule has 2 N–H and O–H groups in total. The molecule has 128 valence electrons. The summed E-state index contributed by atoms with van der Waals surface area (Å²) in [5.74, 6) is 0.722. The molecule has 2 aromatic heterocycles. The lowest BCUT2D eigenvalue weighted by Gasteiger charge is -2.23. The van der Waals surface area contributed by atoms with E-state index in [1.165, 1.54) is 0 Å². The van der Waals surface area contributed by atoms with Crippen molar-refractivity contribution in [2.24, 2.45) is 0 Å². The van der Waals surface area contributed by atoms with Gasteiger partial charge in [0.1, 0.15) is 12.1 Å². The van der Waals surface area contributed by atoms with Gasteiger partial charge in [0.05, 0.1) is 12.1 Å². The van der Waals surface area contributed by atoms with Crippen LogP contribution in [0.3, 0.4) is 0 Å². The molecule has 0 aliphatic heterocycles. The minimum Gasteiger partial charge on any atom is -0.373 e. The van der Waals surface area contributed by atoms with Gasteiger partial charge in [-0.25, -0.2) is 9.78 Å². The molecule has 3 rings (SSSR count). The van der Waals surface area contributed by atoms with E-state index in [1.807, 2.05) is 41.3 Å². The number of pyridine rings is 1. The molecule has 0 radical (unpaired) electrons. The van der Waals surface area contributed by atoms with E-state index in [9.17, 15) is 9.59 Å². The third kappa shape index (κ3) is 3.16. The lowest BCUT2D eigenvalue weighted by atomic mass is 10.2. The van der Waals surface area contributed by atoms with Crippen molar-refractivity contribution >= 4 is 40.4 Å². The molecule has 0 fully saturated rings. The van der Waals surface area contributed by atoms with E-state index in [2.05, 4.69) is 15.6 Å². The zero-order valence-corrected chi connectivity index (χ0v) is 14.1. The number of carbonyl (C=O) groups is 2. The molecule has 7 heteroatoms. The summed E-state index contributed by atoms with van der Waals surface area (Å²) in [7, 11) is 3.39. The summed E-state index contributed by atoms with van der Waals surface area (Å²) in [6, 6.07) is 11.1. The zero-order valence-electron chi connectivity index (χ0n) is 14.1. The van der Waals surface area contributed by atoms with E-state index in [1.54, 1.807) is 31.1 Å². The van der Waals surface area contributed by atoms with Gasteiger partial charge in [0.25, 0.3) is 0 Å². The number of fused-ring (bicyclic) bond motifs is 1. The number of nitrogens with zero attached hydrogens (tertiary/aromatic N) is 3. The number of benzene rings is 1. The molecule has 0 aliphatic carbocycles. The highest BCUT2D eigenvalue weighted by Gasteiger charge is 2.13. The number of aldehydes is 1. The van der Waals surface area contributed by atoms with Crippen molar-refractivity contribution in [3.8, 4) is 0 Å². The summed E-state index contributed by atoms with van der Waals surface area (Å²) in [5.41, 5.74) is 2.53. The summed E-state index contributed by atoms with van der Waals surface area (Å²) in [6.45, 7) is 0.217. The van der Waals surface area contributed by atoms with Crippen LogP contribution in [-0.2, 0) is 4.79 Å². The maximum absolute atomic E-state index is 11.9. The molecule has 2 heterocycles. The van der Waals surface area contributed by atoms with Crippen LogP contribution in [0.15, 0.2) is 48.8 Å². The standard InChI is InChI=1S/C18H19N5O2/c1-19-17-12-15(5-7-21-17)22(9-10-24)14-3-4-16-13(11-14)6-8-23(16)18(25)20-2/h3-8,10-12H,9H2,1-2H3,(H,19,21)(H,20,25). The van der Waals surface area contributed by atoms with Crippen molar-refractivity contribution in [1.29, 1.82) is 0 Å². The molecule has 0 bridgehead atoms. The summed E-state index contributed by atoms with van der Waals surface area (Å²) >= 11 is 0. The van der Waals surface area contributed by atoms with E-state index in [-0.39, 0.29) is 12.6 Å². The minimum absolute atomic E-state index is 0.194. The topological polar surface area (TPSA) is 79.3 Å². The van der Waals surface area contributed by atoms with E-state index >= 15 is 0 Å². The molecular formula is C18H19N5O2. The molecule has 1 amide bonds. The smallest absolute Gasteiger partial charge is 0.325 e. The minimum atomic E-state index is -0.194. The van der Waals surface area contributed by atoms with Gasteiger partial charge in [0, 0.05) is 49.3 Å². The maximum Gasteiger partial charge on any atom is 0.325 e. The van der Waals surface area contributed by atoms with E-state index in [0.717, 1.165) is 34.4 Å². The maximum atomic E-state index is 11.9. The van der Waals surface area contributed by atoms with Crippen LogP contribution in [0.2, 0.25) is 0 Å². The van der Waals surface area contributed by atoms with Crippen LogP contribution in [0, 0.1) is 0 Å². The van der Waals surface area contributed by atoms with Gasteiger partial charge >= 0.3 is 6.03 Å². The Labute approximate surface area is 145 Å². The SMILES string of the molecule is CNC(=O)n1ccc2cc(N(CC=O)c3ccnc(NC)c3)ccc21. The number of anilines is 3. The number of hydrogen-bond donors (Lipinski definition) is 2. The monoisotopic (exact) mass is 337 g/mol. The highest BCUT2D eigenvalue weighted by molar-refractivity contribution is 5.93. The van der Waals surface area contributed by atoms with Gasteiger partial charge in [-0.05, 0) is 30.3 Å². The van der Waals surface area contributed by atoms with E-state index in [0.29, 0.717) is 0 Å².